The van der Waals surface area contributed by atoms with Crippen LogP contribution in [-0.4, -0.2) is 12.6 Å². The lowest BCUT2D eigenvalue weighted by atomic mass is 9.90. The summed E-state index contributed by atoms with van der Waals surface area (Å²) in [6.45, 7) is 8.71. The van der Waals surface area contributed by atoms with Crippen molar-refractivity contribution in [2.24, 2.45) is 5.92 Å². The third-order valence-electron chi connectivity index (χ3n) is 4.09. The zero-order valence-electron chi connectivity index (χ0n) is 13.2. The minimum absolute atomic E-state index is 0.496. The molecule has 1 N–H and O–H groups in total. The Kier molecular flexibility index (Phi) is 6.11. The van der Waals surface area contributed by atoms with Gasteiger partial charge in [-0.25, -0.2) is 0 Å². The molecule has 3 nitrogen and oxygen atoms in total. The first kappa shape index (κ1) is 15.6. The van der Waals surface area contributed by atoms with E-state index in [9.17, 15) is 0 Å². The molecule has 1 aliphatic rings. The lowest BCUT2D eigenvalue weighted by molar-refractivity contribution is 0.0634. The number of ether oxygens (including phenoxy) is 1. The maximum absolute atomic E-state index is 5.84. The van der Waals surface area contributed by atoms with Crippen molar-refractivity contribution in [3.63, 3.8) is 0 Å². The van der Waals surface area contributed by atoms with E-state index in [1.54, 1.807) is 0 Å². The minimum atomic E-state index is 0.496. The molecule has 114 valence electrons. The van der Waals surface area contributed by atoms with Crippen LogP contribution in [0.1, 0.15) is 63.0 Å². The van der Waals surface area contributed by atoms with E-state index in [2.05, 4.69) is 25.2 Å². The Morgan fingerprint density at radius 3 is 2.75 bits per heavy atom. The molecule has 1 aliphatic carbocycles. The quantitative estimate of drug-likeness (QED) is 0.813. The highest BCUT2D eigenvalue weighted by Gasteiger charge is 2.14. The number of nitrogens with one attached hydrogen (secondary N) is 1. The molecule has 1 fully saturated rings. The van der Waals surface area contributed by atoms with Gasteiger partial charge in [0.15, 0.2) is 0 Å². The van der Waals surface area contributed by atoms with Gasteiger partial charge in [-0.2, -0.15) is 0 Å². The van der Waals surface area contributed by atoms with Gasteiger partial charge in [0.2, 0.25) is 0 Å². The molecular formula is C17H29NO2. The SMILES string of the molecule is Cc1oc(COCC2CCCCC2)cc1CNC(C)C. The maximum Gasteiger partial charge on any atom is 0.130 e. The highest BCUT2D eigenvalue weighted by molar-refractivity contribution is 5.20. The van der Waals surface area contributed by atoms with Crippen LogP contribution in [-0.2, 0) is 17.9 Å². The van der Waals surface area contributed by atoms with Gasteiger partial charge in [-0.1, -0.05) is 33.1 Å². The van der Waals surface area contributed by atoms with Crippen molar-refractivity contribution in [2.75, 3.05) is 6.61 Å². The number of furan rings is 1. The average molecular weight is 279 g/mol. The zero-order chi connectivity index (χ0) is 14.4. The van der Waals surface area contributed by atoms with Gasteiger partial charge in [-0.15, -0.1) is 0 Å². The molecule has 0 bridgehead atoms. The summed E-state index contributed by atoms with van der Waals surface area (Å²) in [5.41, 5.74) is 1.25. The van der Waals surface area contributed by atoms with Gasteiger partial charge in [-0.3, -0.25) is 0 Å². The molecule has 1 heterocycles. The molecule has 1 aromatic rings. The smallest absolute Gasteiger partial charge is 0.130 e. The van der Waals surface area contributed by atoms with Crippen molar-refractivity contribution in [1.29, 1.82) is 0 Å². The molecule has 0 unspecified atom stereocenters. The lowest BCUT2D eigenvalue weighted by Gasteiger charge is -2.20. The van der Waals surface area contributed by atoms with Gasteiger partial charge < -0.3 is 14.5 Å². The lowest BCUT2D eigenvalue weighted by Crippen LogP contribution is -2.21. The fourth-order valence-electron chi connectivity index (χ4n) is 2.83. The molecule has 1 saturated carbocycles. The van der Waals surface area contributed by atoms with Gasteiger partial charge in [0.05, 0.1) is 0 Å². The standard InChI is InChI=1S/C17H29NO2/c1-13(2)18-10-16-9-17(20-14(16)3)12-19-11-15-7-5-4-6-8-15/h9,13,15,18H,4-8,10-12H2,1-3H3. The molecular weight excluding hydrogens is 250 g/mol. The van der Waals surface area contributed by atoms with Gasteiger partial charge in [0.25, 0.3) is 0 Å². The topological polar surface area (TPSA) is 34.4 Å². The van der Waals surface area contributed by atoms with Crippen LogP contribution in [0.5, 0.6) is 0 Å². The molecule has 1 aromatic heterocycles. The van der Waals surface area contributed by atoms with Crippen LogP contribution in [0.2, 0.25) is 0 Å². The average Bonchev–Trinajstić information content (AvgIpc) is 2.78. The molecule has 2 rings (SSSR count). The Morgan fingerprint density at radius 1 is 1.30 bits per heavy atom. The van der Waals surface area contributed by atoms with Crippen LogP contribution >= 0.6 is 0 Å². The Labute approximate surface area is 123 Å². The van der Waals surface area contributed by atoms with E-state index >= 15 is 0 Å². The first-order valence-corrected chi connectivity index (χ1v) is 8.04. The third-order valence-corrected chi connectivity index (χ3v) is 4.09. The maximum atomic E-state index is 5.84. The predicted molar refractivity (Wildman–Crippen MR) is 81.7 cm³/mol. The number of hydrogen-bond acceptors (Lipinski definition) is 3. The summed E-state index contributed by atoms with van der Waals surface area (Å²) in [7, 11) is 0. The third kappa shape index (κ3) is 4.95. The van der Waals surface area contributed by atoms with Crippen molar-refractivity contribution in [3.05, 3.63) is 23.2 Å². The summed E-state index contributed by atoms with van der Waals surface area (Å²) in [5.74, 6) is 2.73. The minimum Gasteiger partial charge on any atom is -0.464 e. The summed E-state index contributed by atoms with van der Waals surface area (Å²) >= 11 is 0. The fourth-order valence-corrected chi connectivity index (χ4v) is 2.83. The zero-order valence-corrected chi connectivity index (χ0v) is 13.2. The van der Waals surface area contributed by atoms with E-state index in [0.29, 0.717) is 12.6 Å². The van der Waals surface area contributed by atoms with E-state index in [0.717, 1.165) is 30.6 Å². The van der Waals surface area contributed by atoms with Gasteiger partial charge in [-0.05, 0) is 31.7 Å². The number of rotatable bonds is 7. The van der Waals surface area contributed by atoms with Crippen LogP contribution in [0.3, 0.4) is 0 Å². The number of hydrogen-bond donors (Lipinski definition) is 1. The second-order valence-corrected chi connectivity index (χ2v) is 6.35. The molecule has 0 amide bonds. The first-order valence-electron chi connectivity index (χ1n) is 8.04. The molecule has 0 aliphatic heterocycles. The van der Waals surface area contributed by atoms with Crippen LogP contribution in [0, 0.1) is 12.8 Å². The Hall–Kier alpha value is -0.800. The highest BCUT2D eigenvalue weighted by Crippen LogP contribution is 2.24. The van der Waals surface area contributed by atoms with Gasteiger partial charge in [0, 0.05) is 24.8 Å². The molecule has 0 saturated heterocycles. The Bertz CT molecular complexity index is 392. The van der Waals surface area contributed by atoms with Gasteiger partial charge in [0.1, 0.15) is 18.1 Å². The van der Waals surface area contributed by atoms with Gasteiger partial charge >= 0.3 is 0 Å². The van der Waals surface area contributed by atoms with Crippen molar-refractivity contribution in [1.82, 2.24) is 5.32 Å². The summed E-state index contributed by atoms with van der Waals surface area (Å²) in [6.07, 6.45) is 6.82. The normalized spacial score (nSPS) is 17.0. The van der Waals surface area contributed by atoms with Crippen LogP contribution in [0.25, 0.3) is 0 Å². The summed E-state index contributed by atoms with van der Waals surface area (Å²) in [4.78, 5) is 0. The van der Waals surface area contributed by atoms with E-state index in [4.69, 9.17) is 9.15 Å². The molecule has 3 heteroatoms. The van der Waals surface area contributed by atoms with E-state index < -0.39 is 0 Å². The van der Waals surface area contributed by atoms with Crippen molar-refractivity contribution in [3.8, 4) is 0 Å². The summed E-state index contributed by atoms with van der Waals surface area (Å²) in [5, 5.41) is 3.42. The van der Waals surface area contributed by atoms with Crippen molar-refractivity contribution >= 4 is 0 Å². The molecule has 0 aromatic carbocycles. The highest BCUT2D eigenvalue weighted by atomic mass is 16.5. The number of aryl methyl sites for hydroxylation is 1. The first-order chi connectivity index (χ1) is 9.65. The fraction of sp³-hybridized carbons (Fsp3) is 0.765. The monoisotopic (exact) mass is 279 g/mol. The molecule has 0 spiro atoms. The largest absolute Gasteiger partial charge is 0.464 e. The predicted octanol–water partition coefficient (Wildman–Crippen LogP) is 4.18. The van der Waals surface area contributed by atoms with Crippen molar-refractivity contribution in [2.45, 2.75) is 72.1 Å². The second kappa shape index (κ2) is 7.84. The molecule has 20 heavy (non-hydrogen) atoms. The van der Waals surface area contributed by atoms with Crippen LogP contribution in [0.4, 0.5) is 0 Å². The van der Waals surface area contributed by atoms with Crippen LogP contribution in [0.15, 0.2) is 10.5 Å². The van der Waals surface area contributed by atoms with E-state index in [1.165, 1.54) is 37.7 Å². The Morgan fingerprint density at radius 2 is 2.05 bits per heavy atom. The molecule has 0 radical (unpaired) electrons. The summed E-state index contributed by atoms with van der Waals surface area (Å²) in [6, 6.07) is 2.63. The van der Waals surface area contributed by atoms with Crippen LogP contribution < -0.4 is 5.32 Å². The van der Waals surface area contributed by atoms with Crippen molar-refractivity contribution < 1.29 is 9.15 Å². The summed E-state index contributed by atoms with van der Waals surface area (Å²) < 4.78 is 11.6. The molecule has 0 atom stereocenters. The Balaban J connectivity index is 1.73. The van der Waals surface area contributed by atoms with E-state index in [-0.39, 0.29) is 0 Å². The second-order valence-electron chi connectivity index (χ2n) is 6.35. The van der Waals surface area contributed by atoms with E-state index in [1.807, 2.05) is 6.92 Å².